The first-order valence-corrected chi connectivity index (χ1v) is 24.7. The van der Waals surface area contributed by atoms with E-state index in [9.17, 15) is 46.1 Å². The van der Waals surface area contributed by atoms with Gasteiger partial charge in [-0.1, -0.05) is 24.3 Å². The van der Waals surface area contributed by atoms with Crippen molar-refractivity contribution in [2.75, 3.05) is 49.1 Å². The zero-order chi connectivity index (χ0) is 51.9. The van der Waals surface area contributed by atoms with E-state index in [0.29, 0.717) is 95.1 Å². The Balaban J connectivity index is 0.000000180. The summed E-state index contributed by atoms with van der Waals surface area (Å²) in [5.74, 6) is 0.833. The Labute approximate surface area is 417 Å². The summed E-state index contributed by atoms with van der Waals surface area (Å²) >= 11 is 0. The third-order valence-electron chi connectivity index (χ3n) is 14.3. The fraction of sp³-hybridized carbons (Fsp3) is 0.500. The standard InChI is InChI=1S/C26H29F4N5O2.C26H30F3N5O2/c1-17(36)12-33-10-8-25(37,9-11-33)15-34-14-21(27)22-23(34)31-16-32-24(22)35(20-6-7-20)13-18-2-4-19(5-3-18)26(28,29)30;1-18(35)14-32-12-9-25(36,10-13-32)16-33-11-8-22-23(33)30-17-31-24(22)34(21-6-7-21)15-19-2-4-20(5-3-19)26(27,28)29/h2-5,14,16,20,37H,6-13,15H2,1H3;2-5,8,11,17,21,36H,6-7,9-10,12-16H2,1H3. The van der Waals surface area contributed by atoms with Gasteiger partial charge in [0.1, 0.15) is 47.2 Å². The zero-order valence-corrected chi connectivity index (χ0v) is 40.7. The first-order valence-electron chi connectivity index (χ1n) is 24.7. The van der Waals surface area contributed by atoms with Gasteiger partial charge < -0.3 is 29.1 Å². The maximum atomic E-state index is 15.3. The van der Waals surface area contributed by atoms with E-state index >= 15 is 4.39 Å². The van der Waals surface area contributed by atoms with Crippen LogP contribution in [0.3, 0.4) is 0 Å². The van der Waals surface area contributed by atoms with Crippen LogP contribution < -0.4 is 9.80 Å². The van der Waals surface area contributed by atoms with Crippen LogP contribution in [0.4, 0.5) is 42.4 Å². The van der Waals surface area contributed by atoms with E-state index in [-0.39, 0.29) is 42.1 Å². The van der Waals surface area contributed by atoms with Crippen LogP contribution in [0, 0.1) is 5.82 Å². The lowest BCUT2D eigenvalue weighted by Crippen LogP contribution is -2.47. The molecule has 0 bridgehead atoms. The molecule has 2 aliphatic heterocycles. The van der Waals surface area contributed by atoms with Gasteiger partial charge in [-0.05, 0) is 107 Å². The third kappa shape index (κ3) is 12.5. The van der Waals surface area contributed by atoms with Crippen LogP contribution in [0.15, 0.2) is 79.6 Å². The van der Waals surface area contributed by atoms with Crippen molar-refractivity contribution in [2.45, 2.75) is 127 Å². The lowest BCUT2D eigenvalue weighted by Gasteiger charge is -2.38. The normalized spacial score (nSPS) is 18.4. The van der Waals surface area contributed by atoms with E-state index in [0.717, 1.165) is 72.4 Å². The SMILES string of the molecule is CC(=O)CN1CCC(O)(Cn2cc(F)c3c(N(Cc4ccc(C(F)(F)F)cc4)C4CC4)ncnc32)CC1.CC(=O)CN1CCC(O)(Cn2ccc3c(N(Cc4ccc(C(F)(F)F)cc4)C4CC4)ncnc32)CC1. The number of rotatable bonds is 16. The number of aliphatic hydroxyl groups is 2. The molecule has 0 amide bonds. The second-order valence-electron chi connectivity index (χ2n) is 20.4. The molecule has 2 aromatic carbocycles. The number of carbonyl (C=O) groups excluding carboxylic acids is 2. The molecule has 390 valence electrons. The number of hydrogen-bond donors (Lipinski definition) is 2. The quantitative estimate of drug-likeness (QED) is 0.0901. The van der Waals surface area contributed by atoms with Crippen LogP contribution in [0.1, 0.15) is 87.5 Å². The highest BCUT2D eigenvalue weighted by Gasteiger charge is 2.38. The molecule has 73 heavy (non-hydrogen) atoms. The number of hydrogen-bond acceptors (Lipinski definition) is 12. The molecule has 0 atom stereocenters. The van der Waals surface area contributed by atoms with Crippen molar-refractivity contribution < 1.29 is 50.5 Å². The molecule has 2 saturated carbocycles. The second-order valence-corrected chi connectivity index (χ2v) is 20.4. The van der Waals surface area contributed by atoms with E-state index in [2.05, 4.69) is 29.7 Å². The Hall–Kier alpha value is -6.03. The minimum Gasteiger partial charge on any atom is -0.388 e. The molecular formula is C52H59F7N10O4. The monoisotopic (exact) mass is 1020 g/mol. The molecule has 2 saturated heterocycles. The molecule has 0 unspecified atom stereocenters. The average Bonchev–Trinajstić information content (AvgIpc) is 4.29. The predicted octanol–water partition coefficient (Wildman–Crippen LogP) is 8.21. The van der Waals surface area contributed by atoms with E-state index < -0.39 is 40.5 Å². The van der Waals surface area contributed by atoms with Crippen molar-refractivity contribution in [3.05, 3.63) is 108 Å². The number of Topliss-reactive ketones (excluding diaryl/α,β-unsaturated/α-hetero) is 2. The van der Waals surface area contributed by atoms with Crippen LogP contribution >= 0.6 is 0 Å². The fourth-order valence-electron chi connectivity index (χ4n) is 10.1. The van der Waals surface area contributed by atoms with Crippen LogP contribution in [-0.2, 0) is 48.1 Å². The Kier molecular flexibility index (Phi) is 14.7. The molecule has 10 rings (SSSR count). The topological polar surface area (TPSA) is 149 Å². The Morgan fingerprint density at radius 2 is 1.04 bits per heavy atom. The smallest absolute Gasteiger partial charge is 0.388 e. The highest BCUT2D eigenvalue weighted by Crippen LogP contribution is 2.40. The Bertz CT molecular complexity index is 2900. The summed E-state index contributed by atoms with van der Waals surface area (Å²) in [4.78, 5) is 48.7. The number of piperidine rings is 2. The first-order chi connectivity index (χ1) is 34.6. The highest BCUT2D eigenvalue weighted by atomic mass is 19.4. The van der Waals surface area contributed by atoms with E-state index in [1.165, 1.54) is 50.0 Å². The molecule has 2 N–H and O–H groups in total. The minimum absolute atomic E-state index is 0.0738. The van der Waals surface area contributed by atoms with Gasteiger partial charge in [0.2, 0.25) is 0 Å². The number of ketones is 2. The number of fused-ring (bicyclic) bond motifs is 2. The van der Waals surface area contributed by atoms with Crippen molar-refractivity contribution in [3.63, 3.8) is 0 Å². The summed E-state index contributed by atoms with van der Waals surface area (Å²) in [6.07, 6.45) is 3.13. The van der Waals surface area contributed by atoms with Gasteiger partial charge in [-0.15, -0.1) is 0 Å². The number of alkyl halides is 6. The van der Waals surface area contributed by atoms with Crippen LogP contribution in [0.2, 0.25) is 0 Å². The van der Waals surface area contributed by atoms with Crippen molar-refractivity contribution >= 4 is 45.3 Å². The second kappa shape index (κ2) is 20.7. The maximum Gasteiger partial charge on any atom is 0.416 e. The molecule has 4 fully saturated rings. The lowest BCUT2D eigenvalue weighted by atomic mass is 9.91. The number of likely N-dealkylation sites (tertiary alicyclic amines) is 2. The maximum absolute atomic E-state index is 15.3. The molecule has 4 aliphatic rings. The van der Waals surface area contributed by atoms with Gasteiger partial charge in [0, 0.05) is 63.7 Å². The van der Waals surface area contributed by atoms with Crippen LogP contribution in [-0.4, -0.2) is 123 Å². The van der Waals surface area contributed by atoms with Crippen LogP contribution in [0.25, 0.3) is 22.1 Å². The molecule has 6 aromatic rings. The molecule has 4 aromatic heterocycles. The average molecular weight is 1020 g/mol. The number of benzene rings is 2. The van der Waals surface area contributed by atoms with E-state index in [1.54, 1.807) is 11.5 Å². The van der Waals surface area contributed by atoms with Gasteiger partial charge in [-0.25, -0.2) is 24.3 Å². The van der Waals surface area contributed by atoms with Gasteiger partial charge >= 0.3 is 12.4 Å². The van der Waals surface area contributed by atoms with E-state index in [1.807, 2.05) is 26.6 Å². The van der Waals surface area contributed by atoms with Gasteiger partial charge in [-0.3, -0.25) is 19.4 Å². The van der Waals surface area contributed by atoms with Gasteiger partial charge in [0.05, 0.1) is 59.3 Å². The summed E-state index contributed by atoms with van der Waals surface area (Å²) in [5.41, 5.74) is -0.792. The van der Waals surface area contributed by atoms with Crippen molar-refractivity contribution in [3.8, 4) is 0 Å². The largest absolute Gasteiger partial charge is 0.416 e. The highest BCUT2D eigenvalue weighted by molar-refractivity contribution is 5.89. The lowest BCUT2D eigenvalue weighted by molar-refractivity contribution is -0.138. The van der Waals surface area contributed by atoms with Gasteiger partial charge in [0.25, 0.3) is 0 Å². The molecule has 21 heteroatoms. The zero-order valence-electron chi connectivity index (χ0n) is 40.7. The van der Waals surface area contributed by atoms with Crippen LogP contribution in [0.5, 0.6) is 0 Å². The molecule has 14 nitrogen and oxygen atoms in total. The predicted molar refractivity (Wildman–Crippen MR) is 259 cm³/mol. The molecule has 0 spiro atoms. The summed E-state index contributed by atoms with van der Waals surface area (Å²) in [7, 11) is 0. The summed E-state index contributed by atoms with van der Waals surface area (Å²) in [6, 6.07) is 12.6. The van der Waals surface area contributed by atoms with Crippen molar-refractivity contribution in [1.82, 2.24) is 38.9 Å². The first kappa shape index (κ1) is 51.9. The fourth-order valence-corrected chi connectivity index (χ4v) is 10.1. The van der Waals surface area contributed by atoms with E-state index in [4.69, 9.17) is 0 Å². The Morgan fingerprint density at radius 3 is 1.48 bits per heavy atom. The summed E-state index contributed by atoms with van der Waals surface area (Å²) in [5, 5.41) is 23.5. The van der Waals surface area contributed by atoms with Gasteiger partial charge in [0.15, 0.2) is 5.82 Å². The molecule has 2 aliphatic carbocycles. The number of halogens is 7. The minimum atomic E-state index is -4.41. The molecule has 6 heterocycles. The number of anilines is 2. The molecular weight excluding hydrogens is 962 g/mol. The Morgan fingerprint density at radius 1 is 0.616 bits per heavy atom. The summed E-state index contributed by atoms with van der Waals surface area (Å²) in [6.45, 7) is 7.63. The van der Waals surface area contributed by atoms with Crippen molar-refractivity contribution in [1.29, 1.82) is 0 Å². The summed E-state index contributed by atoms with van der Waals surface area (Å²) < 4.78 is 96.7. The molecule has 0 radical (unpaired) electrons. The van der Waals surface area contributed by atoms with Gasteiger partial charge in [-0.2, -0.15) is 26.3 Å². The number of nitrogens with zero attached hydrogens (tertiary/aromatic N) is 10. The third-order valence-corrected chi connectivity index (χ3v) is 14.3. The number of carbonyl (C=O) groups is 2. The number of aromatic nitrogens is 6. The van der Waals surface area contributed by atoms with Crippen molar-refractivity contribution in [2.24, 2.45) is 0 Å².